The zero-order valence-electron chi connectivity index (χ0n) is 10.6. The number of carbonyl (C=O) groups is 1. The molecule has 9 heteroatoms. The maximum atomic E-state index is 11.4. The van der Waals surface area contributed by atoms with E-state index < -0.39 is 15.0 Å². The maximum Gasteiger partial charge on any atom is 0.265 e. The van der Waals surface area contributed by atoms with Gasteiger partial charge in [0.15, 0.2) is 6.61 Å². The predicted molar refractivity (Wildman–Crippen MR) is 74.9 cm³/mol. The van der Waals surface area contributed by atoms with Crippen molar-refractivity contribution in [3.05, 3.63) is 23.2 Å². The first kappa shape index (κ1) is 17.0. The fraction of sp³-hybridized carbons (Fsp3) is 0.364. The first-order chi connectivity index (χ1) is 9.34. The highest BCUT2D eigenvalue weighted by atomic mass is 35.7. The van der Waals surface area contributed by atoms with Gasteiger partial charge in [-0.1, -0.05) is 11.6 Å². The SMILES string of the molecule is COCCNC(=O)COc1ccc(Cl)cc1S(=O)(=O)Cl. The van der Waals surface area contributed by atoms with Gasteiger partial charge < -0.3 is 14.8 Å². The zero-order chi connectivity index (χ0) is 15.2. The molecule has 0 heterocycles. The Hall–Kier alpha value is -1.02. The molecular weight excluding hydrogens is 329 g/mol. The van der Waals surface area contributed by atoms with Gasteiger partial charge in [0.05, 0.1) is 6.61 Å². The molecule has 0 aliphatic rings. The highest BCUT2D eigenvalue weighted by molar-refractivity contribution is 8.13. The van der Waals surface area contributed by atoms with Crippen LogP contribution in [0.15, 0.2) is 23.1 Å². The molecular formula is C11H13Cl2NO5S. The summed E-state index contributed by atoms with van der Waals surface area (Å²) in [6.45, 7) is 0.360. The van der Waals surface area contributed by atoms with E-state index >= 15 is 0 Å². The summed E-state index contributed by atoms with van der Waals surface area (Å²) >= 11 is 5.70. The molecule has 0 saturated heterocycles. The molecule has 0 radical (unpaired) electrons. The molecule has 0 atom stereocenters. The van der Waals surface area contributed by atoms with Crippen molar-refractivity contribution < 1.29 is 22.7 Å². The van der Waals surface area contributed by atoms with Crippen molar-refractivity contribution in [1.82, 2.24) is 5.32 Å². The number of methoxy groups -OCH3 is 1. The monoisotopic (exact) mass is 341 g/mol. The Labute approximate surface area is 126 Å². The molecule has 0 aliphatic carbocycles. The number of rotatable bonds is 7. The Morgan fingerprint density at radius 1 is 1.40 bits per heavy atom. The number of benzene rings is 1. The van der Waals surface area contributed by atoms with Crippen LogP contribution in [-0.4, -0.2) is 41.2 Å². The highest BCUT2D eigenvalue weighted by Crippen LogP contribution is 2.29. The van der Waals surface area contributed by atoms with Gasteiger partial charge in [-0.2, -0.15) is 0 Å². The lowest BCUT2D eigenvalue weighted by Gasteiger charge is -2.10. The quantitative estimate of drug-likeness (QED) is 0.599. The predicted octanol–water partition coefficient (Wildman–Crippen LogP) is 1.41. The van der Waals surface area contributed by atoms with E-state index in [-0.39, 0.29) is 22.3 Å². The maximum absolute atomic E-state index is 11.4. The minimum absolute atomic E-state index is 0.0358. The van der Waals surface area contributed by atoms with Crippen LogP contribution >= 0.6 is 22.3 Å². The summed E-state index contributed by atoms with van der Waals surface area (Å²) in [7, 11) is 2.76. The lowest BCUT2D eigenvalue weighted by molar-refractivity contribution is -0.123. The fourth-order valence-corrected chi connectivity index (χ4v) is 2.51. The third kappa shape index (κ3) is 5.54. The number of hydrogen-bond acceptors (Lipinski definition) is 5. The van der Waals surface area contributed by atoms with Gasteiger partial charge in [-0.05, 0) is 18.2 Å². The van der Waals surface area contributed by atoms with E-state index in [1.807, 2.05) is 0 Å². The molecule has 1 aromatic carbocycles. The lowest BCUT2D eigenvalue weighted by atomic mass is 10.3. The summed E-state index contributed by atoms with van der Waals surface area (Å²) in [4.78, 5) is 11.1. The van der Waals surface area contributed by atoms with Crippen LogP contribution in [-0.2, 0) is 18.6 Å². The largest absolute Gasteiger partial charge is 0.482 e. The van der Waals surface area contributed by atoms with Gasteiger partial charge >= 0.3 is 0 Å². The van der Waals surface area contributed by atoms with Gasteiger partial charge in [-0.15, -0.1) is 0 Å². The average molecular weight is 342 g/mol. The molecule has 1 N–H and O–H groups in total. The lowest BCUT2D eigenvalue weighted by Crippen LogP contribution is -2.31. The van der Waals surface area contributed by atoms with Crippen molar-refractivity contribution in [3.8, 4) is 5.75 Å². The Bertz CT molecular complexity index is 576. The molecule has 0 unspecified atom stereocenters. The van der Waals surface area contributed by atoms with E-state index in [9.17, 15) is 13.2 Å². The number of ether oxygens (including phenoxy) is 2. The molecule has 1 amide bonds. The second-order valence-corrected chi connectivity index (χ2v) is 6.63. The fourth-order valence-electron chi connectivity index (χ4n) is 1.28. The Morgan fingerprint density at radius 2 is 2.10 bits per heavy atom. The van der Waals surface area contributed by atoms with Gasteiger partial charge in [0.25, 0.3) is 15.0 Å². The molecule has 112 valence electrons. The summed E-state index contributed by atoms with van der Waals surface area (Å²) in [5, 5.41) is 2.72. The summed E-state index contributed by atoms with van der Waals surface area (Å²) in [6.07, 6.45) is 0. The average Bonchev–Trinajstić information content (AvgIpc) is 2.36. The first-order valence-electron chi connectivity index (χ1n) is 5.47. The third-order valence-electron chi connectivity index (χ3n) is 2.16. The number of amides is 1. The van der Waals surface area contributed by atoms with Crippen molar-refractivity contribution in [2.45, 2.75) is 4.90 Å². The number of halogens is 2. The minimum Gasteiger partial charge on any atom is -0.482 e. The van der Waals surface area contributed by atoms with Crippen molar-refractivity contribution in [3.63, 3.8) is 0 Å². The summed E-state index contributed by atoms with van der Waals surface area (Å²) in [6, 6.07) is 3.92. The van der Waals surface area contributed by atoms with E-state index in [0.717, 1.165) is 6.07 Å². The van der Waals surface area contributed by atoms with Crippen molar-refractivity contribution in [2.24, 2.45) is 0 Å². The van der Waals surface area contributed by atoms with Crippen LogP contribution in [0.25, 0.3) is 0 Å². The van der Waals surface area contributed by atoms with Gasteiger partial charge in [-0.3, -0.25) is 4.79 Å². The Kier molecular flexibility index (Phi) is 6.54. The van der Waals surface area contributed by atoms with E-state index in [4.69, 9.17) is 31.8 Å². The second-order valence-electron chi connectivity index (χ2n) is 3.66. The Morgan fingerprint density at radius 3 is 2.70 bits per heavy atom. The van der Waals surface area contributed by atoms with Crippen LogP contribution in [0.5, 0.6) is 5.75 Å². The molecule has 0 bridgehead atoms. The van der Waals surface area contributed by atoms with Crippen molar-refractivity contribution in [2.75, 3.05) is 26.9 Å². The molecule has 6 nitrogen and oxygen atoms in total. The van der Waals surface area contributed by atoms with Crippen molar-refractivity contribution >= 4 is 37.2 Å². The normalized spacial score (nSPS) is 11.2. The van der Waals surface area contributed by atoms with Gasteiger partial charge in [-0.25, -0.2) is 8.42 Å². The Balaban J connectivity index is 2.71. The summed E-state index contributed by atoms with van der Waals surface area (Å²) in [5.41, 5.74) is 0. The standard InChI is InChI=1S/C11H13Cl2NO5S/c1-18-5-4-14-11(15)7-19-9-3-2-8(12)6-10(9)20(13,16)17/h2-3,6H,4-5,7H2,1H3,(H,14,15). The highest BCUT2D eigenvalue weighted by Gasteiger charge is 2.18. The molecule has 20 heavy (non-hydrogen) atoms. The summed E-state index contributed by atoms with van der Waals surface area (Å²) < 4.78 is 32.6. The van der Waals surface area contributed by atoms with Crippen molar-refractivity contribution in [1.29, 1.82) is 0 Å². The minimum atomic E-state index is -4.01. The molecule has 0 fully saturated rings. The molecule has 0 aromatic heterocycles. The molecule has 0 aliphatic heterocycles. The smallest absolute Gasteiger partial charge is 0.265 e. The second kappa shape index (κ2) is 7.68. The number of hydrogen-bond donors (Lipinski definition) is 1. The molecule has 0 spiro atoms. The number of carbonyl (C=O) groups excluding carboxylic acids is 1. The van der Waals surface area contributed by atoms with Crippen LogP contribution in [0.2, 0.25) is 5.02 Å². The van der Waals surface area contributed by atoms with Gasteiger partial charge in [0, 0.05) is 29.4 Å². The van der Waals surface area contributed by atoms with Crippen LogP contribution in [0.3, 0.4) is 0 Å². The summed E-state index contributed by atoms with van der Waals surface area (Å²) in [5.74, 6) is -0.443. The van der Waals surface area contributed by atoms with Gasteiger partial charge in [0.2, 0.25) is 0 Å². The van der Waals surface area contributed by atoms with E-state index in [1.165, 1.54) is 19.2 Å². The van der Waals surface area contributed by atoms with E-state index in [1.54, 1.807) is 0 Å². The molecule has 1 rings (SSSR count). The van der Waals surface area contributed by atoms with Crippen LogP contribution in [0.1, 0.15) is 0 Å². The number of nitrogens with one attached hydrogen (secondary N) is 1. The molecule has 0 saturated carbocycles. The van der Waals surface area contributed by atoms with Crippen LogP contribution in [0.4, 0.5) is 0 Å². The first-order valence-corrected chi connectivity index (χ1v) is 8.16. The van der Waals surface area contributed by atoms with E-state index in [2.05, 4.69) is 5.32 Å². The van der Waals surface area contributed by atoms with Crippen LogP contribution < -0.4 is 10.1 Å². The topological polar surface area (TPSA) is 81.7 Å². The molecule has 1 aromatic rings. The van der Waals surface area contributed by atoms with Crippen LogP contribution in [0, 0.1) is 0 Å². The zero-order valence-corrected chi connectivity index (χ0v) is 12.9. The van der Waals surface area contributed by atoms with Gasteiger partial charge in [0.1, 0.15) is 10.6 Å². The third-order valence-corrected chi connectivity index (χ3v) is 3.73. The van der Waals surface area contributed by atoms with E-state index in [0.29, 0.717) is 13.2 Å².